The quantitative estimate of drug-likeness (QED) is 0.860. The predicted octanol–water partition coefficient (Wildman–Crippen LogP) is 2.28. The van der Waals surface area contributed by atoms with E-state index in [2.05, 4.69) is 4.72 Å². The van der Waals surface area contributed by atoms with Crippen molar-refractivity contribution in [3.05, 3.63) is 52.4 Å². The Morgan fingerprint density at radius 1 is 1.10 bits per heavy atom. The Balaban J connectivity index is 2.04. The summed E-state index contributed by atoms with van der Waals surface area (Å²) in [7, 11) is -3.44. The number of aryl methyl sites for hydroxylation is 1. The van der Waals surface area contributed by atoms with Crippen LogP contribution in [-0.2, 0) is 29.6 Å². The zero-order valence-corrected chi connectivity index (χ0v) is 12.8. The van der Waals surface area contributed by atoms with Gasteiger partial charge >= 0.3 is 0 Å². The molecule has 0 bridgehead atoms. The van der Waals surface area contributed by atoms with E-state index in [1.165, 1.54) is 11.3 Å². The molecule has 0 radical (unpaired) electrons. The Morgan fingerprint density at radius 2 is 1.75 bits per heavy atom. The normalized spacial score (nSPS) is 11.7. The van der Waals surface area contributed by atoms with E-state index in [0.29, 0.717) is 4.21 Å². The Bertz CT molecular complexity index is 660. The molecular formula is C14H17NO3S2. The molecule has 0 saturated heterocycles. The zero-order chi connectivity index (χ0) is 14.6. The number of hydrogen-bond donors (Lipinski definition) is 2. The van der Waals surface area contributed by atoms with E-state index >= 15 is 0 Å². The lowest BCUT2D eigenvalue weighted by Gasteiger charge is -2.05. The zero-order valence-electron chi connectivity index (χ0n) is 11.2. The summed E-state index contributed by atoms with van der Waals surface area (Å²) >= 11 is 1.30. The molecule has 0 unspecified atom stereocenters. The molecule has 6 heteroatoms. The smallest absolute Gasteiger partial charge is 0.250 e. The van der Waals surface area contributed by atoms with Gasteiger partial charge in [0, 0.05) is 11.4 Å². The lowest BCUT2D eigenvalue weighted by Crippen LogP contribution is -2.22. The fourth-order valence-electron chi connectivity index (χ4n) is 1.70. The summed E-state index contributed by atoms with van der Waals surface area (Å²) in [6.07, 6.45) is 0.836. The minimum Gasteiger partial charge on any atom is -0.392 e. The van der Waals surface area contributed by atoms with Crippen LogP contribution in [-0.4, -0.2) is 13.5 Å². The number of aliphatic hydroxyl groups is 1. The van der Waals surface area contributed by atoms with Crippen LogP contribution in [0.25, 0.3) is 0 Å². The van der Waals surface area contributed by atoms with E-state index < -0.39 is 10.0 Å². The van der Waals surface area contributed by atoms with Crippen LogP contribution in [0.2, 0.25) is 0 Å². The number of hydrogen-bond acceptors (Lipinski definition) is 4. The third kappa shape index (κ3) is 3.67. The number of rotatable bonds is 6. The molecule has 0 fully saturated rings. The van der Waals surface area contributed by atoms with Crippen LogP contribution < -0.4 is 4.72 Å². The van der Waals surface area contributed by atoms with Gasteiger partial charge in [-0.2, -0.15) is 0 Å². The Labute approximate surface area is 123 Å². The van der Waals surface area contributed by atoms with E-state index in [-0.39, 0.29) is 13.2 Å². The second-order valence-corrected chi connectivity index (χ2v) is 7.54. The SMILES string of the molecule is CCc1ccc(S(=O)(=O)NCc2ccc(CO)cc2)s1. The third-order valence-electron chi connectivity index (χ3n) is 2.92. The molecule has 1 aromatic carbocycles. The van der Waals surface area contributed by atoms with Crippen molar-refractivity contribution in [1.82, 2.24) is 4.72 Å². The molecule has 0 saturated carbocycles. The molecule has 0 atom stereocenters. The molecular weight excluding hydrogens is 294 g/mol. The van der Waals surface area contributed by atoms with Crippen molar-refractivity contribution in [2.24, 2.45) is 0 Å². The highest BCUT2D eigenvalue weighted by Crippen LogP contribution is 2.21. The standard InChI is InChI=1S/C14H17NO3S2/c1-2-13-7-8-14(19-13)20(17,18)15-9-11-3-5-12(10-16)6-4-11/h3-8,15-16H,2,9-10H2,1H3. The number of thiophene rings is 1. The van der Waals surface area contributed by atoms with Crippen molar-refractivity contribution in [3.63, 3.8) is 0 Å². The van der Waals surface area contributed by atoms with Crippen molar-refractivity contribution < 1.29 is 13.5 Å². The Morgan fingerprint density at radius 3 is 2.30 bits per heavy atom. The van der Waals surface area contributed by atoms with Crippen LogP contribution in [0.5, 0.6) is 0 Å². The molecule has 0 amide bonds. The molecule has 0 aliphatic rings. The number of aliphatic hydroxyl groups excluding tert-OH is 1. The van der Waals surface area contributed by atoms with Gasteiger partial charge in [0.25, 0.3) is 0 Å². The van der Waals surface area contributed by atoms with Gasteiger partial charge in [0.15, 0.2) is 0 Å². The van der Waals surface area contributed by atoms with Crippen LogP contribution in [0, 0.1) is 0 Å². The van der Waals surface area contributed by atoms with Crippen LogP contribution in [0.15, 0.2) is 40.6 Å². The maximum atomic E-state index is 12.1. The summed E-state index contributed by atoms with van der Waals surface area (Å²) in [4.78, 5) is 1.05. The van der Waals surface area contributed by atoms with Crippen molar-refractivity contribution in [2.45, 2.75) is 30.7 Å². The molecule has 4 nitrogen and oxygen atoms in total. The van der Waals surface area contributed by atoms with Crippen molar-refractivity contribution >= 4 is 21.4 Å². The molecule has 108 valence electrons. The first-order valence-electron chi connectivity index (χ1n) is 6.32. The van der Waals surface area contributed by atoms with Gasteiger partial charge in [0.1, 0.15) is 4.21 Å². The topological polar surface area (TPSA) is 66.4 Å². The van der Waals surface area contributed by atoms with Gasteiger partial charge in [0.2, 0.25) is 10.0 Å². The maximum Gasteiger partial charge on any atom is 0.250 e. The average Bonchev–Trinajstić information content (AvgIpc) is 2.95. The highest BCUT2D eigenvalue weighted by molar-refractivity contribution is 7.91. The van der Waals surface area contributed by atoms with E-state index in [1.807, 2.05) is 13.0 Å². The van der Waals surface area contributed by atoms with E-state index in [4.69, 9.17) is 5.11 Å². The number of benzene rings is 1. The molecule has 2 aromatic rings. The van der Waals surface area contributed by atoms with Gasteiger partial charge in [-0.25, -0.2) is 13.1 Å². The van der Waals surface area contributed by atoms with Gasteiger partial charge in [-0.1, -0.05) is 31.2 Å². The third-order valence-corrected chi connectivity index (χ3v) is 6.04. The Kier molecular flexibility index (Phi) is 4.93. The Hall–Kier alpha value is -1.21. The van der Waals surface area contributed by atoms with E-state index in [1.54, 1.807) is 30.3 Å². The molecule has 0 spiro atoms. The minimum atomic E-state index is -3.44. The van der Waals surface area contributed by atoms with Gasteiger partial charge in [-0.05, 0) is 29.7 Å². The maximum absolute atomic E-state index is 12.1. The molecule has 20 heavy (non-hydrogen) atoms. The van der Waals surface area contributed by atoms with Crippen LogP contribution in [0.3, 0.4) is 0 Å². The van der Waals surface area contributed by atoms with Crippen LogP contribution in [0.4, 0.5) is 0 Å². The highest BCUT2D eigenvalue weighted by atomic mass is 32.2. The fraction of sp³-hybridized carbons (Fsp3) is 0.286. The van der Waals surface area contributed by atoms with Crippen molar-refractivity contribution in [1.29, 1.82) is 0 Å². The summed E-state index contributed by atoms with van der Waals surface area (Å²) in [6.45, 7) is 2.23. The summed E-state index contributed by atoms with van der Waals surface area (Å²) in [6, 6.07) is 10.7. The van der Waals surface area contributed by atoms with Crippen molar-refractivity contribution in [2.75, 3.05) is 0 Å². The summed E-state index contributed by atoms with van der Waals surface area (Å²) in [5.74, 6) is 0. The summed E-state index contributed by atoms with van der Waals surface area (Å²) in [5.41, 5.74) is 1.67. The fourth-order valence-corrected chi connectivity index (χ4v) is 4.06. The van der Waals surface area contributed by atoms with Crippen LogP contribution >= 0.6 is 11.3 Å². The average molecular weight is 311 g/mol. The van der Waals surface area contributed by atoms with Gasteiger partial charge in [-0.3, -0.25) is 0 Å². The summed E-state index contributed by atoms with van der Waals surface area (Å²) < 4.78 is 27.2. The lowest BCUT2D eigenvalue weighted by molar-refractivity contribution is 0.282. The number of sulfonamides is 1. The van der Waals surface area contributed by atoms with Gasteiger partial charge < -0.3 is 5.11 Å². The van der Waals surface area contributed by atoms with Gasteiger partial charge in [0.05, 0.1) is 6.61 Å². The molecule has 2 N–H and O–H groups in total. The molecule has 1 aromatic heterocycles. The van der Waals surface area contributed by atoms with Crippen LogP contribution in [0.1, 0.15) is 22.9 Å². The van der Waals surface area contributed by atoms with Crippen molar-refractivity contribution in [3.8, 4) is 0 Å². The highest BCUT2D eigenvalue weighted by Gasteiger charge is 2.16. The van der Waals surface area contributed by atoms with E-state index in [0.717, 1.165) is 22.4 Å². The predicted molar refractivity (Wildman–Crippen MR) is 80.1 cm³/mol. The number of nitrogens with one attached hydrogen (secondary N) is 1. The van der Waals surface area contributed by atoms with Gasteiger partial charge in [-0.15, -0.1) is 11.3 Å². The lowest BCUT2D eigenvalue weighted by atomic mass is 10.1. The molecule has 1 heterocycles. The first kappa shape index (κ1) is 15.2. The van der Waals surface area contributed by atoms with E-state index in [9.17, 15) is 8.42 Å². The second kappa shape index (κ2) is 6.49. The summed E-state index contributed by atoms with van der Waals surface area (Å²) in [5, 5.41) is 8.95. The monoisotopic (exact) mass is 311 g/mol. The second-order valence-electron chi connectivity index (χ2n) is 4.37. The molecule has 0 aliphatic heterocycles. The first-order valence-corrected chi connectivity index (χ1v) is 8.62. The minimum absolute atomic E-state index is 0.0129. The largest absolute Gasteiger partial charge is 0.392 e. The molecule has 2 rings (SSSR count). The molecule has 0 aliphatic carbocycles. The first-order chi connectivity index (χ1) is 9.55.